The van der Waals surface area contributed by atoms with E-state index in [1.165, 1.54) is 5.56 Å². The van der Waals surface area contributed by atoms with Crippen LogP contribution in [0.3, 0.4) is 0 Å². The third-order valence-corrected chi connectivity index (χ3v) is 5.14. The minimum absolute atomic E-state index is 0.0255. The minimum atomic E-state index is -0.812. The van der Waals surface area contributed by atoms with E-state index in [-0.39, 0.29) is 6.42 Å². The van der Waals surface area contributed by atoms with Crippen molar-refractivity contribution in [1.29, 1.82) is 0 Å². The average molecular weight is 328 g/mol. The Hall–Kier alpha value is -2.14. The first-order chi connectivity index (χ1) is 11.2. The fourth-order valence-corrected chi connectivity index (χ4v) is 3.99. The van der Waals surface area contributed by atoms with Crippen molar-refractivity contribution >= 4 is 29.1 Å². The van der Waals surface area contributed by atoms with Gasteiger partial charge in [0.15, 0.2) is 4.99 Å². The van der Waals surface area contributed by atoms with Gasteiger partial charge in [-0.05, 0) is 36.3 Å². The summed E-state index contributed by atoms with van der Waals surface area (Å²) in [5.41, 5.74) is 3.24. The standard InChI is InChI=1S/C18H20N2O2S/c21-17(22)13-18(19-15-10-4-5-11-16(15)20-18)23-12-6-9-14-7-2-1-3-8-14/h1-5,7-8,10-11,19-20H,6,9,12-13H2,(H,21,22). The predicted molar refractivity (Wildman–Crippen MR) is 95.9 cm³/mol. The topological polar surface area (TPSA) is 61.4 Å². The van der Waals surface area contributed by atoms with E-state index in [1.807, 2.05) is 42.5 Å². The highest BCUT2D eigenvalue weighted by molar-refractivity contribution is 8.00. The monoisotopic (exact) mass is 328 g/mol. The number of rotatable bonds is 7. The summed E-state index contributed by atoms with van der Waals surface area (Å²) in [5, 5.41) is 16.0. The SMILES string of the molecule is O=C(O)CC1(SCCCc2ccccc2)Nc2ccccc2N1. The number of hydrogen-bond acceptors (Lipinski definition) is 4. The quantitative estimate of drug-likeness (QED) is 0.670. The van der Waals surface area contributed by atoms with Gasteiger partial charge in [0.2, 0.25) is 0 Å². The van der Waals surface area contributed by atoms with E-state index >= 15 is 0 Å². The number of anilines is 2. The highest BCUT2D eigenvalue weighted by Gasteiger charge is 2.38. The zero-order valence-corrected chi connectivity index (χ0v) is 13.6. The Balaban J connectivity index is 1.59. The summed E-state index contributed by atoms with van der Waals surface area (Å²) >= 11 is 1.63. The third kappa shape index (κ3) is 3.99. The summed E-state index contributed by atoms with van der Waals surface area (Å²) in [4.78, 5) is 10.6. The zero-order valence-electron chi connectivity index (χ0n) is 12.8. The summed E-state index contributed by atoms with van der Waals surface area (Å²) in [6.07, 6.45) is 2.04. The van der Waals surface area contributed by atoms with Crippen LogP contribution in [0.2, 0.25) is 0 Å². The van der Waals surface area contributed by atoms with Crippen molar-refractivity contribution in [3.63, 3.8) is 0 Å². The van der Waals surface area contributed by atoms with Crippen molar-refractivity contribution < 1.29 is 9.90 Å². The van der Waals surface area contributed by atoms with Crippen molar-refractivity contribution in [3.8, 4) is 0 Å². The maximum atomic E-state index is 11.3. The maximum Gasteiger partial charge on any atom is 0.308 e. The number of aliphatic carboxylic acids is 1. The number of carboxylic acid groups (broad SMARTS) is 1. The zero-order chi connectivity index (χ0) is 16.1. The van der Waals surface area contributed by atoms with Crippen LogP contribution in [0, 0.1) is 0 Å². The molecular formula is C18H20N2O2S. The van der Waals surface area contributed by atoms with E-state index in [0.29, 0.717) is 0 Å². The van der Waals surface area contributed by atoms with Gasteiger partial charge in [0.25, 0.3) is 0 Å². The molecule has 1 aliphatic heterocycles. The van der Waals surface area contributed by atoms with Gasteiger partial charge in [0.1, 0.15) is 0 Å². The summed E-state index contributed by atoms with van der Waals surface area (Å²) in [6, 6.07) is 18.2. The molecule has 0 unspecified atom stereocenters. The predicted octanol–water partition coefficient (Wildman–Crippen LogP) is 4.02. The second-order valence-electron chi connectivity index (χ2n) is 5.63. The first-order valence-corrected chi connectivity index (χ1v) is 8.70. The van der Waals surface area contributed by atoms with E-state index in [0.717, 1.165) is 30.0 Å². The first-order valence-electron chi connectivity index (χ1n) is 7.72. The molecule has 0 radical (unpaired) electrons. The van der Waals surface area contributed by atoms with Gasteiger partial charge in [-0.3, -0.25) is 4.79 Å². The number of carbonyl (C=O) groups is 1. The van der Waals surface area contributed by atoms with Crippen LogP contribution in [0.5, 0.6) is 0 Å². The molecule has 5 heteroatoms. The van der Waals surface area contributed by atoms with Gasteiger partial charge >= 0.3 is 5.97 Å². The van der Waals surface area contributed by atoms with Crippen molar-refractivity contribution in [2.75, 3.05) is 16.4 Å². The average Bonchev–Trinajstić information content (AvgIpc) is 2.90. The maximum absolute atomic E-state index is 11.3. The number of hydrogen-bond donors (Lipinski definition) is 3. The summed E-state index contributed by atoms with van der Waals surface area (Å²) in [7, 11) is 0. The number of para-hydroxylation sites is 2. The van der Waals surface area contributed by atoms with Gasteiger partial charge in [-0.15, -0.1) is 11.8 Å². The van der Waals surface area contributed by atoms with Crippen molar-refractivity contribution in [3.05, 3.63) is 60.2 Å². The van der Waals surface area contributed by atoms with Crippen LogP contribution < -0.4 is 10.6 Å². The van der Waals surface area contributed by atoms with Gasteiger partial charge in [-0.1, -0.05) is 42.5 Å². The molecule has 2 aromatic rings. The van der Waals surface area contributed by atoms with E-state index in [9.17, 15) is 9.90 Å². The fourth-order valence-electron chi connectivity index (χ4n) is 2.76. The van der Waals surface area contributed by atoms with Crippen molar-refractivity contribution in [1.82, 2.24) is 0 Å². The molecule has 3 rings (SSSR count). The van der Waals surface area contributed by atoms with Gasteiger partial charge in [0.05, 0.1) is 17.8 Å². The van der Waals surface area contributed by atoms with Crippen LogP contribution in [0.15, 0.2) is 54.6 Å². The lowest BCUT2D eigenvalue weighted by Crippen LogP contribution is -2.40. The van der Waals surface area contributed by atoms with Crippen LogP contribution in [0.1, 0.15) is 18.4 Å². The van der Waals surface area contributed by atoms with E-state index < -0.39 is 11.0 Å². The molecule has 2 aromatic carbocycles. The number of carboxylic acids is 1. The Kier molecular flexibility index (Phi) is 4.76. The molecular weight excluding hydrogens is 308 g/mol. The Morgan fingerprint density at radius 3 is 2.22 bits per heavy atom. The van der Waals surface area contributed by atoms with Gasteiger partial charge in [-0.2, -0.15) is 0 Å². The Morgan fingerprint density at radius 1 is 1.00 bits per heavy atom. The van der Waals surface area contributed by atoms with Crippen LogP contribution in [-0.4, -0.2) is 21.8 Å². The lowest BCUT2D eigenvalue weighted by atomic mass is 10.1. The lowest BCUT2D eigenvalue weighted by Gasteiger charge is -2.28. The molecule has 0 fully saturated rings. The van der Waals surface area contributed by atoms with Crippen LogP contribution >= 0.6 is 11.8 Å². The molecule has 4 nitrogen and oxygen atoms in total. The molecule has 0 aliphatic carbocycles. The summed E-state index contributed by atoms with van der Waals surface area (Å²) in [6.45, 7) is 0. The summed E-state index contributed by atoms with van der Waals surface area (Å²) < 4.78 is 0. The van der Waals surface area contributed by atoms with E-state index in [4.69, 9.17) is 0 Å². The first kappa shape index (κ1) is 15.7. The van der Waals surface area contributed by atoms with Gasteiger partial charge in [0, 0.05) is 0 Å². The molecule has 0 atom stereocenters. The molecule has 0 aromatic heterocycles. The summed E-state index contributed by atoms with van der Waals surface area (Å²) in [5.74, 6) is 0.0734. The van der Waals surface area contributed by atoms with Gasteiger partial charge in [-0.25, -0.2) is 0 Å². The molecule has 1 aliphatic rings. The number of benzene rings is 2. The van der Waals surface area contributed by atoms with Crippen LogP contribution in [-0.2, 0) is 11.2 Å². The van der Waals surface area contributed by atoms with Crippen LogP contribution in [0.25, 0.3) is 0 Å². The second-order valence-corrected chi connectivity index (χ2v) is 7.02. The third-order valence-electron chi connectivity index (χ3n) is 3.80. The molecule has 3 N–H and O–H groups in total. The normalized spacial score (nSPS) is 14.6. The Morgan fingerprint density at radius 2 is 1.61 bits per heavy atom. The molecule has 0 bridgehead atoms. The Labute approximate surface area is 140 Å². The number of aryl methyl sites for hydroxylation is 1. The molecule has 0 amide bonds. The molecule has 0 saturated heterocycles. The number of fused-ring (bicyclic) bond motifs is 1. The van der Waals surface area contributed by atoms with E-state index in [2.05, 4.69) is 22.8 Å². The highest BCUT2D eigenvalue weighted by Crippen LogP contribution is 2.41. The molecule has 0 saturated carbocycles. The number of nitrogens with one attached hydrogen (secondary N) is 2. The lowest BCUT2D eigenvalue weighted by molar-refractivity contribution is -0.137. The molecule has 120 valence electrons. The molecule has 1 heterocycles. The largest absolute Gasteiger partial charge is 0.481 e. The van der Waals surface area contributed by atoms with Crippen molar-refractivity contribution in [2.45, 2.75) is 24.3 Å². The highest BCUT2D eigenvalue weighted by atomic mass is 32.2. The Bertz CT molecular complexity index is 651. The molecule has 0 spiro atoms. The van der Waals surface area contributed by atoms with Gasteiger partial charge < -0.3 is 15.7 Å². The minimum Gasteiger partial charge on any atom is -0.481 e. The van der Waals surface area contributed by atoms with Crippen molar-refractivity contribution in [2.24, 2.45) is 0 Å². The van der Waals surface area contributed by atoms with Crippen LogP contribution in [0.4, 0.5) is 11.4 Å². The fraction of sp³-hybridized carbons (Fsp3) is 0.278. The smallest absolute Gasteiger partial charge is 0.308 e. The number of thioether (sulfide) groups is 1. The second kappa shape index (κ2) is 6.96. The van der Waals surface area contributed by atoms with E-state index in [1.54, 1.807) is 11.8 Å². The molecule has 23 heavy (non-hydrogen) atoms.